The van der Waals surface area contributed by atoms with Crippen molar-refractivity contribution in [2.24, 2.45) is 5.10 Å². The van der Waals surface area contributed by atoms with Crippen LogP contribution in [-0.2, 0) is 4.74 Å². The molecule has 0 atom stereocenters. The van der Waals surface area contributed by atoms with Crippen LogP contribution in [0.15, 0.2) is 46.7 Å². The summed E-state index contributed by atoms with van der Waals surface area (Å²) in [5.74, 6) is 0. The minimum atomic E-state index is 0. The van der Waals surface area contributed by atoms with E-state index in [0.717, 1.165) is 44.8 Å². The fourth-order valence-corrected chi connectivity index (χ4v) is 2.79. The lowest BCUT2D eigenvalue weighted by Crippen LogP contribution is -2.35. The second kappa shape index (κ2) is 7.79. The van der Waals surface area contributed by atoms with Gasteiger partial charge in [0.2, 0.25) is 0 Å². The average molecular weight is 399 g/mol. The number of hydrazone groups is 1. The molecule has 0 unspecified atom stereocenters. The van der Waals surface area contributed by atoms with E-state index in [2.05, 4.69) is 22.4 Å². The summed E-state index contributed by atoms with van der Waals surface area (Å²) < 4.78 is 5.42. The van der Waals surface area contributed by atoms with Crippen LogP contribution in [0.2, 0.25) is 0 Å². The van der Waals surface area contributed by atoms with Crippen molar-refractivity contribution in [3.05, 3.63) is 41.6 Å². The van der Waals surface area contributed by atoms with E-state index in [0.29, 0.717) is 0 Å². The molecule has 0 amide bonds. The minimum absolute atomic E-state index is 0. The predicted molar refractivity (Wildman–Crippen MR) is 97.2 cm³/mol. The highest BCUT2D eigenvalue weighted by Crippen LogP contribution is 2.27. The molecule has 4 nitrogen and oxygen atoms in total. The number of benzene rings is 1. The monoisotopic (exact) mass is 399 g/mol. The summed E-state index contributed by atoms with van der Waals surface area (Å²) in [5, 5.41) is 4.57. The summed E-state index contributed by atoms with van der Waals surface area (Å²) in [7, 11) is 0. The van der Waals surface area contributed by atoms with Gasteiger partial charge in [0.1, 0.15) is 0 Å². The van der Waals surface area contributed by atoms with Gasteiger partial charge in [-0.25, -0.2) is 0 Å². The van der Waals surface area contributed by atoms with Gasteiger partial charge in [-0.1, -0.05) is 18.2 Å². The average Bonchev–Trinajstić information content (AvgIpc) is 2.88. The van der Waals surface area contributed by atoms with Crippen molar-refractivity contribution in [1.29, 1.82) is 0 Å². The van der Waals surface area contributed by atoms with E-state index < -0.39 is 0 Å². The number of rotatable bonds is 3. The molecule has 1 heterocycles. The number of nitrogens with one attached hydrogen (secondary N) is 1. The van der Waals surface area contributed by atoms with Crippen molar-refractivity contribution in [2.45, 2.75) is 19.8 Å². The molecular formula is C16H22IN3O. The number of nitrogens with zero attached hydrogens (tertiary/aromatic N) is 2. The third kappa shape index (κ3) is 3.97. The maximum atomic E-state index is 5.42. The van der Waals surface area contributed by atoms with Crippen LogP contribution < -0.4 is 5.43 Å². The molecule has 1 aromatic carbocycles. The molecule has 1 saturated heterocycles. The third-order valence-electron chi connectivity index (χ3n) is 3.95. The van der Waals surface area contributed by atoms with Crippen molar-refractivity contribution in [3.8, 4) is 0 Å². The highest BCUT2D eigenvalue weighted by molar-refractivity contribution is 14.0. The van der Waals surface area contributed by atoms with Crippen LogP contribution in [0.5, 0.6) is 0 Å². The molecule has 1 fully saturated rings. The molecule has 2 aliphatic rings. The molecule has 5 heteroatoms. The Morgan fingerprint density at radius 1 is 1.10 bits per heavy atom. The van der Waals surface area contributed by atoms with Gasteiger partial charge < -0.3 is 9.64 Å². The van der Waals surface area contributed by atoms with Crippen molar-refractivity contribution in [1.82, 2.24) is 4.90 Å². The summed E-state index contributed by atoms with van der Waals surface area (Å²) in [4.78, 5) is 2.45. The van der Waals surface area contributed by atoms with E-state index in [1.165, 1.54) is 17.0 Å². The first kappa shape index (κ1) is 16.3. The van der Waals surface area contributed by atoms with Crippen molar-refractivity contribution in [2.75, 3.05) is 31.7 Å². The summed E-state index contributed by atoms with van der Waals surface area (Å²) in [5.41, 5.74) is 8.14. The molecule has 0 saturated carbocycles. The molecule has 0 aromatic heterocycles. The number of hydrogen-bond donors (Lipinski definition) is 1. The van der Waals surface area contributed by atoms with E-state index >= 15 is 0 Å². The smallest absolute Gasteiger partial charge is 0.0657 e. The molecule has 1 aliphatic carbocycles. The van der Waals surface area contributed by atoms with Crippen LogP contribution in [0.4, 0.5) is 5.69 Å². The molecule has 114 valence electrons. The molecule has 1 aromatic rings. The highest BCUT2D eigenvalue weighted by atomic mass is 127. The van der Waals surface area contributed by atoms with Crippen LogP contribution in [-0.4, -0.2) is 36.9 Å². The van der Waals surface area contributed by atoms with Gasteiger partial charge in [0, 0.05) is 18.8 Å². The first-order valence-corrected chi connectivity index (χ1v) is 7.25. The number of para-hydroxylation sites is 1. The van der Waals surface area contributed by atoms with E-state index in [4.69, 9.17) is 4.74 Å². The van der Waals surface area contributed by atoms with Gasteiger partial charge in [0.05, 0.1) is 24.6 Å². The molecule has 3 rings (SSSR count). The van der Waals surface area contributed by atoms with Crippen molar-refractivity contribution >= 4 is 35.4 Å². The quantitative estimate of drug-likeness (QED) is 0.625. The number of morpholine rings is 1. The second-order valence-electron chi connectivity index (χ2n) is 5.21. The molecule has 0 spiro atoms. The summed E-state index contributed by atoms with van der Waals surface area (Å²) in [6.07, 6.45) is 2.12. The number of halogens is 1. The lowest BCUT2D eigenvalue weighted by atomic mass is 10.2. The standard InChI is InChI=1S/C16H21N3O.HI/c1-13-15(18-17-14-5-3-2-4-6-14)7-8-16(13)19-9-11-20-12-10-19;/h2-6,17H,7-12H2,1H3;1H/b18-15-;. The molecule has 21 heavy (non-hydrogen) atoms. The van der Waals surface area contributed by atoms with E-state index in [1.54, 1.807) is 0 Å². The Kier molecular flexibility index (Phi) is 6.05. The number of allylic oxidation sites excluding steroid dienone is 2. The highest BCUT2D eigenvalue weighted by Gasteiger charge is 2.23. The number of ether oxygens (including phenoxy) is 1. The van der Waals surface area contributed by atoms with Gasteiger partial charge in [-0.05, 0) is 37.5 Å². The summed E-state index contributed by atoms with van der Waals surface area (Å²) in [6, 6.07) is 10.1. The fraction of sp³-hybridized carbons (Fsp3) is 0.438. The Morgan fingerprint density at radius 3 is 2.52 bits per heavy atom. The van der Waals surface area contributed by atoms with Crippen LogP contribution in [0.1, 0.15) is 19.8 Å². The van der Waals surface area contributed by atoms with Gasteiger partial charge in [0.15, 0.2) is 0 Å². The third-order valence-corrected chi connectivity index (χ3v) is 3.95. The Hall–Kier alpha value is -1.08. The largest absolute Gasteiger partial charge is 0.378 e. The molecular weight excluding hydrogens is 377 g/mol. The second-order valence-corrected chi connectivity index (χ2v) is 5.21. The Bertz CT molecular complexity index is 522. The Balaban J connectivity index is 0.00000161. The van der Waals surface area contributed by atoms with Crippen LogP contribution in [0, 0.1) is 0 Å². The summed E-state index contributed by atoms with van der Waals surface area (Å²) in [6.45, 7) is 5.87. The molecule has 0 bridgehead atoms. The fourth-order valence-electron chi connectivity index (χ4n) is 2.79. The minimum Gasteiger partial charge on any atom is -0.378 e. The van der Waals surface area contributed by atoms with Crippen LogP contribution >= 0.6 is 24.0 Å². The normalized spacial score (nSPS) is 20.6. The first-order chi connectivity index (χ1) is 9.84. The zero-order valence-corrected chi connectivity index (χ0v) is 14.7. The predicted octanol–water partition coefficient (Wildman–Crippen LogP) is 3.47. The molecule has 1 N–H and O–H groups in total. The van der Waals surface area contributed by atoms with Crippen molar-refractivity contribution < 1.29 is 4.74 Å². The molecule has 1 aliphatic heterocycles. The topological polar surface area (TPSA) is 36.9 Å². The van der Waals surface area contributed by atoms with E-state index in [-0.39, 0.29) is 24.0 Å². The zero-order valence-electron chi connectivity index (χ0n) is 12.3. The summed E-state index contributed by atoms with van der Waals surface area (Å²) >= 11 is 0. The van der Waals surface area contributed by atoms with Gasteiger partial charge in [0.25, 0.3) is 0 Å². The van der Waals surface area contributed by atoms with Gasteiger partial charge in [-0.3, -0.25) is 5.43 Å². The maximum Gasteiger partial charge on any atom is 0.0657 e. The van der Waals surface area contributed by atoms with Crippen LogP contribution in [0.3, 0.4) is 0 Å². The van der Waals surface area contributed by atoms with E-state index in [1.807, 2.05) is 30.3 Å². The van der Waals surface area contributed by atoms with Crippen molar-refractivity contribution in [3.63, 3.8) is 0 Å². The maximum absolute atomic E-state index is 5.42. The first-order valence-electron chi connectivity index (χ1n) is 7.25. The Morgan fingerprint density at radius 2 is 1.81 bits per heavy atom. The lowest BCUT2D eigenvalue weighted by Gasteiger charge is -2.30. The van der Waals surface area contributed by atoms with Gasteiger partial charge in [-0.15, -0.1) is 24.0 Å². The SMILES string of the molecule is CC1=C(N2CCOCC2)CC/C1=N/Nc1ccccc1.I. The van der Waals surface area contributed by atoms with Gasteiger partial charge >= 0.3 is 0 Å². The van der Waals surface area contributed by atoms with Gasteiger partial charge in [-0.2, -0.15) is 5.10 Å². The van der Waals surface area contributed by atoms with E-state index in [9.17, 15) is 0 Å². The number of hydrogen-bond acceptors (Lipinski definition) is 4. The number of anilines is 1. The lowest BCUT2D eigenvalue weighted by molar-refractivity contribution is 0.0523. The van der Waals surface area contributed by atoms with Crippen LogP contribution in [0.25, 0.3) is 0 Å². The Labute approximate surface area is 143 Å². The zero-order chi connectivity index (χ0) is 13.8. The molecule has 0 radical (unpaired) electrons.